The number of aryl methyl sites for hydroxylation is 1. The summed E-state index contributed by atoms with van der Waals surface area (Å²) >= 11 is 2.04. The van der Waals surface area contributed by atoms with Gasteiger partial charge in [0, 0.05) is 9.26 Å². The summed E-state index contributed by atoms with van der Waals surface area (Å²) < 4.78 is 0.811. The minimum Gasteiger partial charge on any atom is -0.507 e. The highest BCUT2D eigenvalue weighted by Crippen LogP contribution is 2.22. The smallest absolute Gasteiger partial charge is 0.336 e. The van der Waals surface area contributed by atoms with Crippen molar-refractivity contribution in [2.45, 2.75) is 6.92 Å². The number of hydrogen-bond acceptors (Lipinski definition) is 3. The van der Waals surface area contributed by atoms with Crippen LogP contribution in [0.2, 0.25) is 0 Å². The summed E-state index contributed by atoms with van der Waals surface area (Å²) in [6, 6.07) is 9.30. The molecule has 3 N–H and O–H groups in total. The third kappa shape index (κ3) is 3.52. The molecule has 0 unspecified atom stereocenters. The number of rotatable bonds is 3. The topological polar surface area (TPSA) is 86.6 Å². The second kappa shape index (κ2) is 6.13. The van der Waals surface area contributed by atoms with Crippen molar-refractivity contribution in [3.05, 3.63) is 56.7 Å². The van der Waals surface area contributed by atoms with E-state index in [-0.39, 0.29) is 16.9 Å². The van der Waals surface area contributed by atoms with Crippen LogP contribution in [0.25, 0.3) is 0 Å². The molecule has 0 saturated heterocycles. The SMILES string of the molecule is Cc1ccc(NC(=O)c2cc(I)ccc2O)cc1C(=O)O. The van der Waals surface area contributed by atoms with E-state index in [0.29, 0.717) is 11.3 Å². The van der Waals surface area contributed by atoms with Gasteiger partial charge in [0.2, 0.25) is 0 Å². The standard InChI is InChI=1S/C15H12INO4/c1-8-2-4-10(7-11(8)15(20)21)17-14(19)12-6-9(16)3-5-13(12)18/h2-7,18H,1H3,(H,17,19)(H,20,21). The van der Waals surface area contributed by atoms with Crippen molar-refractivity contribution >= 4 is 40.2 Å². The molecule has 0 aromatic heterocycles. The van der Waals surface area contributed by atoms with Crippen molar-refractivity contribution in [2.24, 2.45) is 0 Å². The number of halogens is 1. The molecule has 0 aliphatic carbocycles. The van der Waals surface area contributed by atoms with Crippen LogP contribution in [0.4, 0.5) is 5.69 Å². The summed E-state index contributed by atoms with van der Waals surface area (Å²) in [4.78, 5) is 23.2. The van der Waals surface area contributed by atoms with E-state index < -0.39 is 11.9 Å². The molecule has 6 heteroatoms. The Labute approximate surface area is 134 Å². The van der Waals surface area contributed by atoms with E-state index in [0.717, 1.165) is 3.57 Å². The van der Waals surface area contributed by atoms with Crippen LogP contribution in [-0.4, -0.2) is 22.1 Å². The van der Waals surface area contributed by atoms with Gasteiger partial charge in [0.15, 0.2) is 0 Å². The van der Waals surface area contributed by atoms with E-state index in [2.05, 4.69) is 5.32 Å². The maximum Gasteiger partial charge on any atom is 0.336 e. The Bertz CT molecular complexity index is 728. The van der Waals surface area contributed by atoms with Crippen LogP contribution in [0.3, 0.4) is 0 Å². The molecule has 0 radical (unpaired) electrons. The van der Waals surface area contributed by atoms with Crippen molar-refractivity contribution in [1.82, 2.24) is 0 Å². The predicted octanol–water partition coefficient (Wildman–Crippen LogP) is 3.26. The van der Waals surface area contributed by atoms with Crippen molar-refractivity contribution in [2.75, 3.05) is 5.32 Å². The number of carboxylic acids is 1. The van der Waals surface area contributed by atoms with Crippen molar-refractivity contribution < 1.29 is 19.8 Å². The number of carbonyl (C=O) groups excluding carboxylic acids is 1. The van der Waals surface area contributed by atoms with Gasteiger partial charge in [0.25, 0.3) is 5.91 Å². The summed E-state index contributed by atoms with van der Waals surface area (Å²) in [5, 5.41) is 21.4. The van der Waals surface area contributed by atoms with E-state index in [9.17, 15) is 14.7 Å². The number of amides is 1. The van der Waals surface area contributed by atoms with Gasteiger partial charge >= 0.3 is 5.97 Å². The minimum absolute atomic E-state index is 0.125. The Morgan fingerprint density at radius 1 is 1.10 bits per heavy atom. The number of carboxylic acid groups (broad SMARTS) is 1. The van der Waals surface area contributed by atoms with E-state index in [1.54, 1.807) is 31.2 Å². The third-order valence-corrected chi connectivity index (χ3v) is 3.60. The molecule has 0 atom stereocenters. The average Bonchev–Trinajstić information content (AvgIpc) is 2.43. The van der Waals surface area contributed by atoms with Gasteiger partial charge in [-0.2, -0.15) is 0 Å². The molecular weight excluding hydrogens is 385 g/mol. The molecular formula is C15H12INO4. The van der Waals surface area contributed by atoms with E-state index >= 15 is 0 Å². The highest BCUT2D eigenvalue weighted by Gasteiger charge is 2.14. The highest BCUT2D eigenvalue weighted by molar-refractivity contribution is 14.1. The molecule has 21 heavy (non-hydrogen) atoms. The number of aromatic carboxylic acids is 1. The number of phenols is 1. The van der Waals surface area contributed by atoms with Gasteiger partial charge in [-0.3, -0.25) is 4.79 Å². The summed E-state index contributed by atoms with van der Waals surface area (Å²) in [6.45, 7) is 1.68. The Morgan fingerprint density at radius 3 is 2.48 bits per heavy atom. The molecule has 108 valence electrons. The van der Waals surface area contributed by atoms with Crippen LogP contribution in [0.1, 0.15) is 26.3 Å². The molecule has 0 aliphatic rings. The van der Waals surface area contributed by atoms with E-state index in [1.807, 2.05) is 22.6 Å². The number of nitrogens with one attached hydrogen (secondary N) is 1. The van der Waals surface area contributed by atoms with E-state index in [4.69, 9.17) is 5.11 Å². The first-order chi connectivity index (χ1) is 9.88. The van der Waals surface area contributed by atoms with Gasteiger partial charge in [-0.05, 0) is 65.4 Å². The van der Waals surface area contributed by atoms with Crippen molar-refractivity contribution in [1.29, 1.82) is 0 Å². The lowest BCUT2D eigenvalue weighted by molar-refractivity contribution is 0.0695. The lowest BCUT2D eigenvalue weighted by atomic mass is 10.1. The van der Waals surface area contributed by atoms with Crippen LogP contribution >= 0.6 is 22.6 Å². The zero-order valence-electron chi connectivity index (χ0n) is 11.1. The number of phenolic OH excluding ortho intramolecular Hbond substituents is 1. The molecule has 2 aromatic rings. The Kier molecular flexibility index (Phi) is 4.46. The number of aromatic hydroxyl groups is 1. The second-order valence-electron chi connectivity index (χ2n) is 4.45. The van der Waals surface area contributed by atoms with Crippen LogP contribution in [0.15, 0.2) is 36.4 Å². The molecule has 2 aromatic carbocycles. The maximum absolute atomic E-state index is 12.1. The summed E-state index contributed by atoms with van der Waals surface area (Å²) in [5.74, 6) is -1.68. The van der Waals surface area contributed by atoms with Gasteiger partial charge in [0.1, 0.15) is 5.75 Å². The van der Waals surface area contributed by atoms with Gasteiger partial charge in [-0.25, -0.2) is 4.79 Å². The molecule has 0 bridgehead atoms. The zero-order valence-corrected chi connectivity index (χ0v) is 13.2. The Balaban J connectivity index is 2.29. The largest absolute Gasteiger partial charge is 0.507 e. The van der Waals surface area contributed by atoms with Crippen LogP contribution in [0, 0.1) is 10.5 Å². The van der Waals surface area contributed by atoms with Crippen LogP contribution < -0.4 is 5.32 Å². The quantitative estimate of drug-likeness (QED) is 0.695. The zero-order chi connectivity index (χ0) is 15.6. The summed E-state index contributed by atoms with van der Waals surface area (Å²) in [7, 11) is 0. The second-order valence-corrected chi connectivity index (χ2v) is 5.70. The van der Waals surface area contributed by atoms with Crippen LogP contribution in [0.5, 0.6) is 5.75 Å². The van der Waals surface area contributed by atoms with Gasteiger partial charge < -0.3 is 15.5 Å². The van der Waals surface area contributed by atoms with E-state index in [1.165, 1.54) is 12.1 Å². The van der Waals surface area contributed by atoms with Gasteiger partial charge in [-0.15, -0.1) is 0 Å². The fraction of sp³-hybridized carbons (Fsp3) is 0.0667. The fourth-order valence-electron chi connectivity index (χ4n) is 1.82. The van der Waals surface area contributed by atoms with Gasteiger partial charge in [-0.1, -0.05) is 6.07 Å². The van der Waals surface area contributed by atoms with Crippen molar-refractivity contribution in [3.8, 4) is 5.75 Å². The number of carbonyl (C=O) groups is 2. The summed E-state index contributed by atoms with van der Waals surface area (Å²) in [6.07, 6.45) is 0. The Morgan fingerprint density at radius 2 is 1.81 bits per heavy atom. The first kappa shape index (κ1) is 15.3. The molecule has 0 fully saturated rings. The molecule has 0 aliphatic heterocycles. The maximum atomic E-state index is 12.1. The number of benzene rings is 2. The van der Waals surface area contributed by atoms with Crippen LogP contribution in [-0.2, 0) is 0 Å². The van der Waals surface area contributed by atoms with Crippen molar-refractivity contribution in [3.63, 3.8) is 0 Å². The fourth-order valence-corrected chi connectivity index (χ4v) is 2.31. The molecule has 5 nitrogen and oxygen atoms in total. The minimum atomic E-state index is -1.05. The molecule has 1 amide bonds. The lowest BCUT2D eigenvalue weighted by Gasteiger charge is -2.09. The Hall–Kier alpha value is -2.09. The molecule has 0 heterocycles. The molecule has 0 spiro atoms. The predicted molar refractivity (Wildman–Crippen MR) is 86.9 cm³/mol. The molecule has 2 rings (SSSR count). The summed E-state index contributed by atoms with van der Waals surface area (Å²) in [5.41, 5.74) is 1.23. The third-order valence-electron chi connectivity index (χ3n) is 2.93. The van der Waals surface area contributed by atoms with Gasteiger partial charge in [0.05, 0.1) is 11.1 Å². The first-order valence-electron chi connectivity index (χ1n) is 6.02. The average molecular weight is 397 g/mol. The number of anilines is 1. The first-order valence-corrected chi connectivity index (χ1v) is 7.10. The normalized spacial score (nSPS) is 10.2. The number of hydrogen-bond donors (Lipinski definition) is 3. The molecule has 0 saturated carbocycles. The monoisotopic (exact) mass is 397 g/mol. The lowest BCUT2D eigenvalue weighted by Crippen LogP contribution is -2.13. The highest BCUT2D eigenvalue weighted by atomic mass is 127.